The van der Waals surface area contributed by atoms with Crippen molar-refractivity contribution < 1.29 is 14.3 Å². The van der Waals surface area contributed by atoms with Crippen LogP contribution in [0, 0.1) is 0 Å². The van der Waals surface area contributed by atoms with Gasteiger partial charge < -0.3 is 10.1 Å². The van der Waals surface area contributed by atoms with Crippen molar-refractivity contribution in [3.05, 3.63) is 48.0 Å². The summed E-state index contributed by atoms with van der Waals surface area (Å²) in [4.78, 5) is 28.7. The highest BCUT2D eigenvalue weighted by atomic mass is 16.5. The third kappa shape index (κ3) is 3.18. The molecule has 6 heteroatoms. The van der Waals surface area contributed by atoms with E-state index < -0.39 is 6.04 Å². The van der Waals surface area contributed by atoms with Gasteiger partial charge in [-0.25, -0.2) is 4.79 Å². The SMILES string of the molecule is CN1CCOCC1CN1C(=O)NC(Cc2cccc3ccccc23)C1=O. The average Bonchev–Trinajstić information content (AvgIpc) is 2.91. The van der Waals surface area contributed by atoms with Crippen molar-refractivity contribution >= 4 is 22.7 Å². The van der Waals surface area contributed by atoms with Crippen LogP contribution in [0.3, 0.4) is 0 Å². The van der Waals surface area contributed by atoms with E-state index in [-0.39, 0.29) is 18.0 Å². The van der Waals surface area contributed by atoms with Crippen LogP contribution in [0.25, 0.3) is 10.8 Å². The Balaban J connectivity index is 1.50. The lowest BCUT2D eigenvalue weighted by Gasteiger charge is -2.34. The smallest absolute Gasteiger partial charge is 0.324 e. The number of urea groups is 1. The lowest BCUT2D eigenvalue weighted by Crippen LogP contribution is -2.50. The quantitative estimate of drug-likeness (QED) is 0.849. The largest absolute Gasteiger partial charge is 0.378 e. The minimum absolute atomic E-state index is 0.0507. The van der Waals surface area contributed by atoms with E-state index in [1.807, 2.05) is 31.3 Å². The number of imide groups is 1. The summed E-state index contributed by atoms with van der Waals surface area (Å²) in [5, 5.41) is 5.11. The summed E-state index contributed by atoms with van der Waals surface area (Å²) in [6.45, 7) is 2.42. The number of fused-ring (bicyclic) bond motifs is 1. The highest BCUT2D eigenvalue weighted by molar-refractivity contribution is 6.04. The molecule has 0 bridgehead atoms. The molecule has 0 saturated carbocycles. The minimum atomic E-state index is -0.511. The number of nitrogens with zero attached hydrogens (tertiary/aromatic N) is 2. The number of likely N-dealkylation sites (N-methyl/N-ethyl adjacent to an activating group) is 1. The summed E-state index contributed by atoms with van der Waals surface area (Å²) in [6, 6.07) is 13.4. The highest BCUT2D eigenvalue weighted by Gasteiger charge is 2.40. The Morgan fingerprint density at radius 3 is 2.81 bits per heavy atom. The van der Waals surface area contributed by atoms with Gasteiger partial charge >= 0.3 is 6.03 Å². The van der Waals surface area contributed by atoms with Gasteiger partial charge in [0.15, 0.2) is 0 Å². The van der Waals surface area contributed by atoms with Gasteiger partial charge in [0.1, 0.15) is 6.04 Å². The standard InChI is InChI=1S/C20H23N3O3/c1-22-9-10-26-13-16(22)12-23-19(24)18(21-20(23)25)11-15-7-4-6-14-5-2-3-8-17(14)15/h2-8,16,18H,9-13H2,1H3,(H,21,25). The first-order valence-corrected chi connectivity index (χ1v) is 9.00. The zero-order valence-corrected chi connectivity index (χ0v) is 14.9. The van der Waals surface area contributed by atoms with Gasteiger partial charge in [-0.05, 0) is 23.4 Å². The lowest BCUT2D eigenvalue weighted by molar-refractivity contribution is -0.128. The number of nitrogens with one attached hydrogen (secondary N) is 1. The highest BCUT2D eigenvalue weighted by Crippen LogP contribution is 2.22. The normalized spacial score (nSPS) is 24.3. The Hall–Kier alpha value is -2.44. The van der Waals surface area contributed by atoms with E-state index in [0.29, 0.717) is 26.2 Å². The Morgan fingerprint density at radius 1 is 1.15 bits per heavy atom. The average molecular weight is 353 g/mol. The fraction of sp³-hybridized carbons (Fsp3) is 0.400. The van der Waals surface area contributed by atoms with Crippen LogP contribution in [0.5, 0.6) is 0 Å². The second kappa shape index (κ2) is 7.05. The molecule has 0 spiro atoms. The molecule has 2 aromatic rings. The van der Waals surface area contributed by atoms with E-state index in [4.69, 9.17) is 4.74 Å². The number of carbonyl (C=O) groups is 2. The number of rotatable bonds is 4. The molecule has 136 valence electrons. The Bertz CT molecular complexity index is 833. The second-order valence-corrected chi connectivity index (χ2v) is 7.00. The number of benzene rings is 2. The van der Waals surface area contributed by atoms with Crippen molar-refractivity contribution in [2.45, 2.75) is 18.5 Å². The topological polar surface area (TPSA) is 61.9 Å². The molecule has 2 unspecified atom stereocenters. The van der Waals surface area contributed by atoms with Crippen molar-refractivity contribution in [2.24, 2.45) is 0 Å². The molecule has 4 rings (SSSR count). The number of carbonyl (C=O) groups excluding carboxylic acids is 2. The van der Waals surface area contributed by atoms with Crippen molar-refractivity contribution in [3.8, 4) is 0 Å². The van der Waals surface area contributed by atoms with E-state index in [1.165, 1.54) is 4.90 Å². The van der Waals surface area contributed by atoms with Gasteiger partial charge in [-0.2, -0.15) is 0 Å². The van der Waals surface area contributed by atoms with Gasteiger partial charge in [-0.1, -0.05) is 42.5 Å². The number of hydrogen-bond acceptors (Lipinski definition) is 4. The molecule has 0 aromatic heterocycles. The summed E-state index contributed by atoms with van der Waals surface area (Å²) in [5.41, 5.74) is 1.07. The van der Waals surface area contributed by atoms with Gasteiger partial charge in [0.2, 0.25) is 0 Å². The van der Waals surface area contributed by atoms with Crippen molar-refractivity contribution in [3.63, 3.8) is 0 Å². The van der Waals surface area contributed by atoms with E-state index >= 15 is 0 Å². The Morgan fingerprint density at radius 2 is 1.96 bits per heavy atom. The predicted octanol–water partition coefficient (Wildman–Crippen LogP) is 1.63. The molecule has 3 amide bonds. The molecule has 2 aliphatic rings. The molecule has 0 radical (unpaired) electrons. The van der Waals surface area contributed by atoms with Crippen LogP contribution in [0.4, 0.5) is 4.79 Å². The molecule has 2 aromatic carbocycles. The second-order valence-electron chi connectivity index (χ2n) is 7.00. The number of ether oxygens (including phenoxy) is 1. The van der Waals surface area contributed by atoms with Gasteiger partial charge in [0, 0.05) is 19.5 Å². The molecule has 2 atom stereocenters. The fourth-order valence-electron chi connectivity index (χ4n) is 3.72. The zero-order chi connectivity index (χ0) is 18.1. The molecule has 2 aliphatic heterocycles. The van der Waals surface area contributed by atoms with Crippen molar-refractivity contribution in [1.29, 1.82) is 0 Å². The summed E-state index contributed by atoms with van der Waals surface area (Å²) in [6.07, 6.45) is 0.499. The van der Waals surface area contributed by atoms with Crippen LogP contribution in [0.1, 0.15) is 5.56 Å². The summed E-state index contributed by atoms with van der Waals surface area (Å²) < 4.78 is 5.49. The first kappa shape index (κ1) is 17.0. The van der Waals surface area contributed by atoms with E-state index in [9.17, 15) is 9.59 Å². The fourth-order valence-corrected chi connectivity index (χ4v) is 3.72. The third-order valence-electron chi connectivity index (χ3n) is 5.33. The monoisotopic (exact) mass is 353 g/mol. The summed E-state index contributed by atoms with van der Waals surface area (Å²) >= 11 is 0. The van der Waals surface area contributed by atoms with E-state index in [1.54, 1.807) is 0 Å². The maximum Gasteiger partial charge on any atom is 0.324 e. The Kier molecular flexibility index (Phi) is 4.61. The number of hydrogen-bond donors (Lipinski definition) is 1. The van der Waals surface area contributed by atoms with Gasteiger partial charge in [-0.15, -0.1) is 0 Å². The predicted molar refractivity (Wildman–Crippen MR) is 98.9 cm³/mol. The van der Waals surface area contributed by atoms with Crippen LogP contribution in [-0.4, -0.2) is 67.2 Å². The van der Waals surface area contributed by atoms with Gasteiger partial charge in [-0.3, -0.25) is 14.6 Å². The van der Waals surface area contributed by atoms with Crippen molar-refractivity contribution in [1.82, 2.24) is 15.1 Å². The molecule has 2 saturated heterocycles. The number of morpholine rings is 1. The van der Waals surface area contributed by atoms with Crippen LogP contribution < -0.4 is 5.32 Å². The molecule has 6 nitrogen and oxygen atoms in total. The van der Waals surface area contributed by atoms with Crippen LogP contribution in [0.15, 0.2) is 42.5 Å². The summed E-state index contributed by atoms with van der Waals surface area (Å²) in [5.74, 6) is -0.151. The van der Waals surface area contributed by atoms with Crippen molar-refractivity contribution in [2.75, 3.05) is 33.4 Å². The van der Waals surface area contributed by atoms with Gasteiger partial charge in [0.25, 0.3) is 5.91 Å². The molecule has 0 aliphatic carbocycles. The molecule has 26 heavy (non-hydrogen) atoms. The minimum Gasteiger partial charge on any atom is -0.378 e. The maximum atomic E-state index is 12.8. The molecule has 2 fully saturated rings. The summed E-state index contributed by atoms with van der Waals surface area (Å²) in [7, 11) is 2.00. The lowest BCUT2D eigenvalue weighted by atomic mass is 9.99. The van der Waals surface area contributed by atoms with Crippen LogP contribution in [0.2, 0.25) is 0 Å². The van der Waals surface area contributed by atoms with E-state index in [2.05, 4.69) is 28.4 Å². The maximum absolute atomic E-state index is 12.8. The number of amides is 3. The molecule has 1 N–H and O–H groups in total. The molecular weight excluding hydrogens is 330 g/mol. The van der Waals surface area contributed by atoms with Crippen LogP contribution >= 0.6 is 0 Å². The third-order valence-corrected chi connectivity index (χ3v) is 5.33. The Labute approximate surface area is 152 Å². The van der Waals surface area contributed by atoms with Gasteiger partial charge in [0.05, 0.1) is 19.3 Å². The zero-order valence-electron chi connectivity index (χ0n) is 14.9. The first-order chi connectivity index (χ1) is 12.6. The molecular formula is C20H23N3O3. The van der Waals surface area contributed by atoms with Crippen LogP contribution in [-0.2, 0) is 16.0 Å². The molecule has 2 heterocycles. The first-order valence-electron chi connectivity index (χ1n) is 9.00. The van der Waals surface area contributed by atoms with E-state index in [0.717, 1.165) is 22.9 Å².